The number of hydrogen-bond donors (Lipinski definition) is 0. The molecule has 1 amide bonds. The fraction of sp³-hybridized carbons (Fsp3) is 0.515. The summed E-state index contributed by atoms with van der Waals surface area (Å²) in [7, 11) is 3.61. The molecule has 2 aromatic heterocycles. The number of Topliss-reactive ketones (excluding diaryl/α,β-unsaturated/α-hetero) is 1. The molecule has 0 spiro atoms. The number of nitriles is 1. The van der Waals surface area contributed by atoms with E-state index in [0.717, 1.165) is 54.5 Å². The minimum atomic E-state index is -0.0706. The van der Waals surface area contributed by atoms with Gasteiger partial charge < -0.3 is 18.9 Å². The zero-order valence-electron chi connectivity index (χ0n) is 24.6. The van der Waals surface area contributed by atoms with Gasteiger partial charge in [0.2, 0.25) is 5.91 Å². The van der Waals surface area contributed by atoms with Gasteiger partial charge in [-0.05, 0) is 72.9 Å². The van der Waals surface area contributed by atoms with Crippen molar-refractivity contribution in [3.63, 3.8) is 0 Å². The molecule has 3 aromatic rings. The highest BCUT2D eigenvalue weighted by Crippen LogP contribution is 2.40. The molecule has 216 valence electrons. The molecule has 0 N–H and O–H groups in total. The summed E-state index contributed by atoms with van der Waals surface area (Å²) in [5.41, 5.74) is 4.92. The number of piperidine rings is 1. The minimum Gasteiger partial charge on any atom is -0.490 e. The summed E-state index contributed by atoms with van der Waals surface area (Å²) in [6.07, 6.45) is 9.53. The lowest BCUT2D eigenvalue weighted by molar-refractivity contribution is -0.137. The van der Waals surface area contributed by atoms with Crippen LogP contribution in [0.3, 0.4) is 0 Å². The van der Waals surface area contributed by atoms with Crippen LogP contribution in [-0.2, 0) is 23.0 Å². The Balaban J connectivity index is 1.36. The number of ether oxygens (including phenoxy) is 2. The van der Waals surface area contributed by atoms with Crippen molar-refractivity contribution < 1.29 is 19.1 Å². The smallest absolute Gasteiger partial charge is 0.225 e. The van der Waals surface area contributed by atoms with Gasteiger partial charge in [0.05, 0.1) is 12.2 Å². The van der Waals surface area contributed by atoms with Gasteiger partial charge in [-0.1, -0.05) is 19.8 Å². The molecule has 2 aliphatic rings. The van der Waals surface area contributed by atoms with Crippen LogP contribution in [0.1, 0.15) is 77.6 Å². The third-order valence-electron chi connectivity index (χ3n) is 9.02. The third-order valence-corrected chi connectivity index (χ3v) is 9.02. The van der Waals surface area contributed by atoms with Gasteiger partial charge in [-0.3, -0.25) is 9.59 Å². The summed E-state index contributed by atoms with van der Waals surface area (Å²) in [6, 6.07) is 7.12. The average molecular weight is 557 g/mol. The second-order valence-electron chi connectivity index (χ2n) is 11.7. The fourth-order valence-corrected chi connectivity index (χ4v) is 6.70. The number of amides is 1. The monoisotopic (exact) mass is 556 g/mol. The number of rotatable bonds is 9. The van der Waals surface area contributed by atoms with Crippen molar-refractivity contribution in [2.45, 2.75) is 58.3 Å². The van der Waals surface area contributed by atoms with Crippen LogP contribution >= 0.6 is 0 Å². The van der Waals surface area contributed by atoms with E-state index in [9.17, 15) is 14.9 Å². The molecule has 1 saturated heterocycles. The van der Waals surface area contributed by atoms with Crippen LogP contribution in [-0.4, -0.2) is 59.6 Å². The first-order valence-electron chi connectivity index (χ1n) is 14.7. The van der Waals surface area contributed by atoms with Gasteiger partial charge in [-0.2, -0.15) is 5.26 Å². The van der Waals surface area contributed by atoms with E-state index in [4.69, 9.17) is 14.5 Å². The van der Waals surface area contributed by atoms with Crippen molar-refractivity contribution in [1.82, 2.24) is 14.5 Å². The Morgan fingerprint density at radius 3 is 2.66 bits per heavy atom. The Morgan fingerprint density at radius 1 is 1.17 bits per heavy atom. The van der Waals surface area contributed by atoms with Gasteiger partial charge >= 0.3 is 0 Å². The van der Waals surface area contributed by atoms with Crippen LogP contribution in [0.5, 0.6) is 5.75 Å². The summed E-state index contributed by atoms with van der Waals surface area (Å²) < 4.78 is 12.7. The summed E-state index contributed by atoms with van der Waals surface area (Å²) >= 11 is 0. The van der Waals surface area contributed by atoms with Crippen molar-refractivity contribution in [3.05, 3.63) is 58.4 Å². The number of pyridine rings is 1. The zero-order valence-corrected chi connectivity index (χ0v) is 24.6. The molecule has 1 saturated carbocycles. The average Bonchev–Trinajstić information content (AvgIpc) is 3.63. The number of benzene rings is 1. The van der Waals surface area contributed by atoms with Crippen molar-refractivity contribution >= 4 is 22.7 Å². The van der Waals surface area contributed by atoms with Crippen molar-refractivity contribution in [1.29, 1.82) is 5.26 Å². The van der Waals surface area contributed by atoms with Crippen LogP contribution in [0.15, 0.2) is 30.6 Å². The van der Waals surface area contributed by atoms with Crippen LogP contribution < -0.4 is 4.74 Å². The SMILES string of the molecule is COCCOc1ccc(C(=O)Cc2cnc3c(c([C@@H]4CCN(C(=O)C5CCCC5)C[C@@H]4C)cn3C)c2C)cc1C#N. The molecule has 5 rings (SSSR count). The van der Waals surface area contributed by atoms with Crippen molar-refractivity contribution in [2.24, 2.45) is 18.9 Å². The molecule has 2 atom stereocenters. The highest BCUT2D eigenvalue weighted by atomic mass is 16.5. The lowest BCUT2D eigenvalue weighted by Gasteiger charge is -2.38. The molecule has 8 heteroatoms. The quantitative estimate of drug-likeness (QED) is 0.261. The molecule has 0 bridgehead atoms. The summed E-state index contributed by atoms with van der Waals surface area (Å²) in [6.45, 7) is 6.65. The maximum atomic E-state index is 13.4. The van der Waals surface area contributed by atoms with E-state index in [1.807, 2.05) is 7.05 Å². The standard InChI is InChI=1S/C33H40N4O4/c1-21-19-37(33(39)23-7-5-6-8-23)12-11-27(21)28-20-36(3)32-31(28)22(2)26(18-35-32)16-29(38)24-9-10-30(25(15-24)17-34)41-14-13-40-4/h9-10,15,18,20-21,23,27H,5-8,11-14,16,19H2,1-4H3/t21-,27+/m0/s1. The second-order valence-corrected chi connectivity index (χ2v) is 11.7. The molecule has 1 aliphatic heterocycles. The highest BCUT2D eigenvalue weighted by molar-refractivity contribution is 5.99. The Labute approximate surface area is 242 Å². The van der Waals surface area contributed by atoms with Crippen LogP contribution in [0, 0.1) is 30.1 Å². The van der Waals surface area contributed by atoms with Gasteiger partial charge in [0.1, 0.15) is 24.1 Å². The molecule has 2 fully saturated rings. The Bertz CT molecular complexity index is 1480. The normalized spacial score (nSPS) is 19.4. The highest BCUT2D eigenvalue weighted by Gasteiger charge is 2.35. The van der Waals surface area contributed by atoms with E-state index in [1.54, 1.807) is 31.5 Å². The van der Waals surface area contributed by atoms with Crippen LogP contribution in [0.2, 0.25) is 0 Å². The second kappa shape index (κ2) is 12.4. The van der Waals surface area contributed by atoms with E-state index < -0.39 is 0 Å². The number of likely N-dealkylation sites (tertiary alicyclic amines) is 1. The Hall–Kier alpha value is -3.70. The number of fused-ring (bicyclic) bond motifs is 1. The number of hydrogen-bond acceptors (Lipinski definition) is 6. The predicted octanol–water partition coefficient (Wildman–Crippen LogP) is 5.35. The largest absolute Gasteiger partial charge is 0.490 e. The molecule has 41 heavy (non-hydrogen) atoms. The molecular formula is C33H40N4O4. The summed E-state index contributed by atoms with van der Waals surface area (Å²) in [4.78, 5) is 33.3. The van der Waals surface area contributed by atoms with E-state index in [-0.39, 0.29) is 18.1 Å². The van der Waals surface area contributed by atoms with Crippen molar-refractivity contribution in [3.8, 4) is 11.8 Å². The number of ketones is 1. The van der Waals surface area contributed by atoms with E-state index in [1.165, 1.54) is 18.4 Å². The maximum Gasteiger partial charge on any atom is 0.225 e. The first-order chi connectivity index (χ1) is 19.8. The van der Waals surface area contributed by atoms with Crippen LogP contribution in [0.25, 0.3) is 11.0 Å². The molecule has 1 aromatic carbocycles. The first kappa shape index (κ1) is 28.8. The lowest BCUT2D eigenvalue weighted by Crippen LogP contribution is -2.44. The molecule has 8 nitrogen and oxygen atoms in total. The fourth-order valence-electron chi connectivity index (χ4n) is 6.70. The minimum absolute atomic E-state index is 0.0706. The number of methoxy groups -OCH3 is 1. The summed E-state index contributed by atoms with van der Waals surface area (Å²) in [5.74, 6) is 1.59. The predicted molar refractivity (Wildman–Crippen MR) is 157 cm³/mol. The number of carbonyl (C=O) groups is 2. The van der Waals surface area contributed by atoms with Crippen molar-refractivity contribution in [2.75, 3.05) is 33.4 Å². The van der Waals surface area contributed by atoms with E-state index in [2.05, 4.69) is 35.6 Å². The van der Waals surface area contributed by atoms with E-state index >= 15 is 0 Å². The molecule has 1 aliphatic carbocycles. The van der Waals surface area contributed by atoms with Crippen LogP contribution in [0.4, 0.5) is 0 Å². The van der Waals surface area contributed by atoms with Gasteiger partial charge in [0.25, 0.3) is 0 Å². The van der Waals surface area contributed by atoms with Gasteiger partial charge in [-0.25, -0.2) is 4.98 Å². The van der Waals surface area contributed by atoms with Gasteiger partial charge in [0, 0.05) is 62.9 Å². The number of aromatic nitrogens is 2. The topological polar surface area (TPSA) is 97.4 Å². The number of carbonyl (C=O) groups excluding carboxylic acids is 2. The number of nitrogens with zero attached hydrogens (tertiary/aromatic N) is 4. The molecule has 3 heterocycles. The molecule has 0 unspecified atom stereocenters. The zero-order chi connectivity index (χ0) is 29.1. The number of aryl methyl sites for hydroxylation is 2. The first-order valence-corrected chi connectivity index (χ1v) is 14.7. The third kappa shape index (κ3) is 5.87. The van der Waals surface area contributed by atoms with E-state index in [0.29, 0.717) is 47.8 Å². The summed E-state index contributed by atoms with van der Waals surface area (Å²) in [5, 5.41) is 10.7. The maximum absolute atomic E-state index is 13.4. The molecule has 0 radical (unpaired) electrons. The Kier molecular flexibility index (Phi) is 8.74. The van der Waals surface area contributed by atoms with Gasteiger partial charge in [0.15, 0.2) is 5.78 Å². The Morgan fingerprint density at radius 2 is 1.95 bits per heavy atom. The lowest BCUT2D eigenvalue weighted by atomic mass is 9.80. The van der Waals surface area contributed by atoms with Gasteiger partial charge in [-0.15, -0.1) is 0 Å². The molecular weight excluding hydrogens is 516 g/mol.